The van der Waals surface area contributed by atoms with Gasteiger partial charge in [0.1, 0.15) is 5.75 Å². The van der Waals surface area contributed by atoms with Gasteiger partial charge < -0.3 is 15.2 Å². The molecule has 2 rings (SSSR count). The van der Waals surface area contributed by atoms with Crippen LogP contribution >= 0.6 is 15.9 Å². The average Bonchev–Trinajstić information content (AvgIpc) is 2.58. The number of halogens is 1. The maximum atomic E-state index is 10.9. The number of rotatable bonds is 9. The molecule has 0 aliphatic rings. The molecule has 0 saturated carbocycles. The highest BCUT2D eigenvalue weighted by Crippen LogP contribution is 2.25. The molecule has 1 unspecified atom stereocenters. The van der Waals surface area contributed by atoms with E-state index >= 15 is 0 Å². The minimum atomic E-state index is -0.762. The van der Waals surface area contributed by atoms with Crippen molar-refractivity contribution < 1.29 is 14.6 Å². The number of carboxylic acids is 1. The molecule has 0 bridgehead atoms. The SMILES string of the molecule is COc1ccc(CNC(CCC(=O)O)Cc2ccccc2)cc1Br. The summed E-state index contributed by atoms with van der Waals surface area (Å²) in [5, 5.41) is 12.4. The quantitative estimate of drug-likeness (QED) is 0.677. The van der Waals surface area contributed by atoms with Gasteiger partial charge in [-0.2, -0.15) is 0 Å². The van der Waals surface area contributed by atoms with Gasteiger partial charge in [0.2, 0.25) is 0 Å². The topological polar surface area (TPSA) is 58.6 Å². The maximum Gasteiger partial charge on any atom is 0.303 e. The molecule has 2 aromatic carbocycles. The van der Waals surface area contributed by atoms with Gasteiger partial charge in [0.15, 0.2) is 0 Å². The molecule has 4 nitrogen and oxygen atoms in total. The van der Waals surface area contributed by atoms with Crippen LogP contribution in [0.1, 0.15) is 24.0 Å². The van der Waals surface area contributed by atoms with Crippen LogP contribution in [-0.2, 0) is 17.8 Å². The predicted molar refractivity (Wildman–Crippen MR) is 98.3 cm³/mol. The van der Waals surface area contributed by atoms with Gasteiger partial charge in [0.05, 0.1) is 11.6 Å². The van der Waals surface area contributed by atoms with E-state index in [0.717, 1.165) is 22.2 Å². The zero-order valence-electron chi connectivity index (χ0n) is 13.7. The van der Waals surface area contributed by atoms with E-state index in [0.29, 0.717) is 13.0 Å². The van der Waals surface area contributed by atoms with E-state index in [-0.39, 0.29) is 12.5 Å². The van der Waals surface area contributed by atoms with Crippen molar-refractivity contribution in [2.24, 2.45) is 0 Å². The Kier molecular flexibility index (Phi) is 7.28. The highest BCUT2D eigenvalue weighted by Gasteiger charge is 2.12. The van der Waals surface area contributed by atoms with Crippen LogP contribution in [0, 0.1) is 0 Å². The van der Waals surface area contributed by atoms with Gasteiger partial charge >= 0.3 is 5.97 Å². The van der Waals surface area contributed by atoms with Crippen molar-refractivity contribution >= 4 is 21.9 Å². The van der Waals surface area contributed by atoms with Gasteiger partial charge in [-0.15, -0.1) is 0 Å². The summed E-state index contributed by atoms with van der Waals surface area (Å²) < 4.78 is 6.15. The number of methoxy groups -OCH3 is 1. The van der Waals surface area contributed by atoms with E-state index in [2.05, 4.69) is 33.4 Å². The van der Waals surface area contributed by atoms with Crippen LogP contribution in [0.2, 0.25) is 0 Å². The fourth-order valence-electron chi connectivity index (χ4n) is 2.55. The molecule has 128 valence electrons. The standard InChI is InChI=1S/C19H22BrNO3/c1-24-18-9-7-15(12-17(18)20)13-21-16(8-10-19(22)23)11-14-5-3-2-4-6-14/h2-7,9,12,16,21H,8,10-11,13H2,1H3,(H,22,23). The summed E-state index contributed by atoms with van der Waals surface area (Å²) >= 11 is 3.49. The van der Waals surface area contributed by atoms with E-state index < -0.39 is 5.97 Å². The molecule has 1 atom stereocenters. The van der Waals surface area contributed by atoms with Gasteiger partial charge in [-0.05, 0) is 52.0 Å². The molecule has 2 aromatic rings. The van der Waals surface area contributed by atoms with Crippen molar-refractivity contribution in [3.8, 4) is 5.75 Å². The molecule has 0 spiro atoms. The minimum absolute atomic E-state index is 0.115. The predicted octanol–water partition coefficient (Wildman–Crippen LogP) is 4.02. The molecule has 0 fully saturated rings. The third kappa shape index (κ3) is 5.98. The second-order valence-electron chi connectivity index (χ2n) is 5.67. The normalized spacial score (nSPS) is 11.9. The van der Waals surface area contributed by atoms with Crippen molar-refractivity contribution in [2.75, 3.05) is 7.11 Å². The van der Waals surface area contributed by atoms with Crippen LogP contribution < -0.4 is 10.1 Å². The van der Waals surface area contributed by atoms with E-state index in [1.807, 2.05) is 36.4 Å². The van der Waals surface area contributed by atoms with Gasteiger partial charge in [-0.3, -0.25) is 4.79 Å². The lowest BCUT2D eigenvalue weighted by Crippen LogP contribution is -2.31. The third-order valence-electron chi connectivity index (χ3n) is 3.84. The summed E-state index contributed by atoms with van der Waals surface area (Å²) in [7, 11) is 1.64. The van der Waals surface area contributed by atoms with Crippen LogP contribution in [0.3, 0.4) is 0 Å². The van der Waals surface area contributed by atoms with Crippen molar-refractivity contribution in [3.63, 3.8) is 0 Å². The highest BCUT2D eigenvalue weighted by molar-refractivity contribution is 9.10. The largest absolute Gasteiger partial charge is 0.496 e. The Hall–Kier alpha value is -1.85. The summed E-state index contributed by atoms with van der Waals surface area (Å²) in [5.74, 6) is 0.0347. The zero-order valence-corrected chi connectivity index (χ0v) is 15.3. The molecular formula is C19H22BrNO3. The van der Waals surface area contributed by atoms with Crippen molar-refractivity contribution in [2.45, 2.75) is 31.8 Å². The number of hydrogen-bond donors (Lipinski definition) is 2. The third-order valence-corrected chi connectivity index (χ3v) is 4.46. The van der Waals surface area contributed by atoms with Crippen LogP contribution in [0.4, 0.5) is 0 Å². The van der Waals surface area contributed by atoms with E-state index in [1.54, 1.807) is 7.11 Å². The maximum absolute atomic E-state index is 10.9. The van der Waals surface area contributed by atoms with Crippen molar-refractivity contribution in [1.29, 1.82) is 0 Å². The number of carboxylic acid groups (broad SMARTS) is 1. The van der Waals surface area contributed by atoms with Crippen LogP contribution in [-0.4, -0.2) is 24.2 Å². The molecule has 0 saturated heterocycles. The highest BCUT2D eigenvalue weighted by atomic mass is 79.9. The van der Waals surface area contributed by atoms with Gasteiger partial charge in [0, 0.05) is 19.0 Å². The number of ether oxygens (including phenoxy) is 1. The fourth-order valence-corrected chi connectivity index (χ4v) is 3.14. The molecule has 5 heteroatoms. The fraction of sp³-hybridized carbons (Fsp3) is 0.316. The molecule has 0 aliphatic heterocycles. The number of nitrogens with one attached hydrogen (secondary N) is 1. The molecule has 24 heavy (non-hydrogen) atoms. The molecule has 0 amide bonds. The van der Waals surface area contributed by atoms with E-state index in [4.69, 9.17) is 9.84 Å². The Morgan fingerprint density at radius 1 is 1.21 bits per heavy atom. The molecular weight excluding hydrogens is 370 g/mol. The number of aliphatic carboxylic acids is 1. The van der Waals surface area contributed by atoms with Crippen LogP contribution in [0.15, 0.2) is 53.0 Å². The first kappa shape index (κ1) is 18.5. The van der Waals surface area contributed by atoms with E-state index in [9.17, 15) is 4.79 Å². The smallest absolute Gasteiger partial charge is 0.303 e. The van der Waals surface area contributed by atoms with Crippen molar-refractivity contribution in [1.82, 2.24) is 5.32 Å². The molecule has 0 aliphatic carbocycles. The summed E-state index contributed by atoms with van der Waals surface area (Å²) in [6.45, 7) is 0.680. The molecule has 0 heterocycles. The Morgan fingerprint density at radius 2 is 1.96 bits per heavy atom. The number of benzene rings is 2. The second kappa shape index (κ2) is 9.45. The lowest BCUT2D eigenvalue weighted by Gasteiger charge is -2.19. The first-order valence-corrected chi connectivity index (χ1v) is 8.69. The first-order chi connectivity index (χ1) is 11.6. The summed E-state index contributed by atoms with van der Waals surface area (Å²) in [5.41, 5.74) is 2.33. The van der Waals surface area contributed by atoms with Crippen LogP contribution in [0.25, 0.3) is 0 Å². The van der Waals surface area contributed by atoms with Gasteiger partial charge in [0.25, 0.3) is 0 Å². The summed E-state index contributed by atoms with van der Waals surface area (Å²) in [6.07, 6.45) is 1.57. The Balaban J connectivity index is 1.99. The van der Waals surface area contributed by atoms with Crippen molar-refractivity contribution in [3.05, 3.63) is 64.1 Å². The van der Waals surface area contributed by atoms with Gasteiger partial charge in [-0.25, -0.2) is 0 Å². The van der Waals surface area contributed by atoms with Crippen LogP contribution in [0.5, 0.6) is 5.75 Å². The molecule has 2 N–H and O–H groups in total. The number of carbonyl (C=O) groups is 1. The first-order valence-electron chi connectivity index (χ1n) is 7.90. The second-order valence-corrected chi connectivity index (χ2v) is 6.52. The monoisotopic (exact) mass is 391 g/mol. The molecule has 0 radical (unpaired) electrons. The number of hydrogen-bond acceptors (Lipinski definition) is 3. The van der Waals surface area contributed by atoms with E-state index in [1.165, 1.54) is 5.56 Å². The Labute approximate surface area is 151 Å². The Bertz CT molecular complexity index is 661. The summed E-state index contributed by atoms with van der Waals surface area (Å²) in [4.78, 5) is 10.9. The zero-order chi connectivity index (χ0) is 17.4. The lowest BCUT2D eigenvalue weighted by atomic mass is 10.0. The lowest BCUT2D eigenvalue weighted by molar-refractivity contribution is -0.137. The Morgan fingerprint density at radius 3 is 2.58 bits per heavy atom. The minimum Gasteiger partial charge on any atom is -0.496 e. The average molecular weight is 392 g/mol. The van der Waals surface area contributed by atoms with Gasteiger partial charge in [-0.1, -0.05) is 36.4 Å². The summed E-state index contributed by atoms with van der Waals surface area (Å²) in [6, 6.07) is 16.2. The molecule has 0 aromatic heterocycles.